The summed E-state index contributed by atoms with van der Waals surface area (Å²) in [5.74, 6) is 0.814. The number of amides is 1. The summed E-state index contributed by atoms with van der Waals surface area (Å²) < 4.78 is 0. The van der Waals surface area contributed by atoms with Gasteiger partial charge in [0.2, 0.25) is 5.91 Å². The summed E-state index contributed by atoms with van der Waals surface area (Å²) in [6.45, 7) is 6.38. The third kappa shape index (κ3) is 4.40. The van der Waals surface area contributed by atoms with Crippen LogP contribution in [0.5, 0.6) is 0 Å². The van der Waals surface area contributed by atoms with Gasteiger partial charge in [0.25, 0.3) is 0 Å². The molecule has 0 aliphatic rings. The van der Waals surface area contributed by atoms with E-state index in [9.17, 15) is 4.79 Å². The Labute approximate surface area is 152 Å². The van der Waals surface area contributed by atoms with Crippen molar-refractivity contribution in [2.24, 2.45) is 0 Å². The van der Waals surface area contributed by atoms with E-state index in [4.69, 9.17) is 0 Å². The van der Waals surface area contributed by atoms with Crippen molar-refractivity contribution < 1.29 is 4.79 Å². The van der Waals surface area contributed by atoms with E-state index in [0.717, 1.165) is 21.6 Å². The second-order valence-electron chi connectivity index (χ2n) is 6.41. The molecule has 0 atom stereocenters. The van der Waals surface area contributed by atoms with Crippen LogP contribution in [0.4, 0.5) is 5.69 Å². The van der Waals surface area contributed by atoms with Gasteiger partial charge in [-0.15, -0.1) is 0 Å². The summed E-state index contributed by atoms with van der Waals surface area (Å²) in [4.78, 5) is 16.8. The molecular formula is C21H22N2OS. The molecule has 1 heterocycles. The summed E-state index contributed by atoms with van der Waals surface area (Å²) >= 11 is 1.46. The van der Waals surface area contributed by atoms with E-state index in [2.05, 4.69) is 49.3 Å². The fourth-order valence-corrected chi connectivity index (χ4v) is 3.45. The van der Waals surface area contributed by atoms with Gasteiger partial charge in [-0.3, -0.25) is 4.79 Å². The molecule has 0 saturated heterocycles. The highest BCUT2D eigenvalue weighted by Crippen LogP contribution is 2.24. The van der Waals surface area contributed by atoms with E-state index in [1.165, 1.54) is 22.9 Å². The first-order valence-corrected chi connectivity index (χ1v) is 9.40. The first kappa shape index (κ1) is 17.5. The van der Waals surface area contributed by atoms with Gasteiger partial charge in [0.1, 0.15) is 0 Å². The molecule has 2 aromatic carbocycles. The van der Waals surface area contributed by atoms with Gasteiger partial charge in [-0.2, -0.15) is 0 Å². The molecule has 0 saturated carbocycles. The van der Waals surface area contributed by atoms with Crippen LogP contribution in [0.25, 0.3) is 10.9 Å². The van der Waals surface area contributed by atoms with Gasteiger partial charge in [0.15, 0.2) is 0 Å². The van der Waals surface area contributed by atoms with E-state index in [1.807, 2.05) is 36.4 Å². The maximum atomic E-state index is 12.2. The minimum Gasteiger partial charge on any atom is -0.325 e. The van der Waals surface area contributed by atoms with E-state index in [-0.39, 0.29) is 5.91 Å². The molecule has 1 aromatic heterocycles. The number of aryl methyl sites for hydroxylation is 1. The van der Waals surface area contributed by atoms with Crippen LogP contribution in [-0.2, 0) is 4.79 Å². The monoisotopic (exact) mass is 350 g/mol. The van der Waals surface area contributed by atoms with Crippen LogP contribution >= 0.6 is 11.8 Å². The maximum absolute atomic E-state index is 12.2. The van der Waals surface area contributed by atoms with Crippen LogP contribution in [0.3, 0.4) is 0 Å². The summed E-state index contributed by atoms with van der Waals surface area (Å²) in [7, 11) is 0. The minimum absolute atomic E-state index is 0.0186. The molecule has 3 rings (SSSR count). The van der Waals surface area contributed by atoms with E-state index in [0.29, 0.717) is 11.7 Å². The maximum Gasteiger partial charge on any atom is 0.234 e. The number of rotatable bonds is 5. The summed E-state index contributed by atoms with van der Waals surface area (Å²) in [6.07, 6.45) is 0. The van der Waals surface area contributed by atoms with Gasteiger partial charge < -0.3 is 5.32 Å². The number of aromatic nitrogens is 1. The van der Waals surface area contributed by atoms with Crippen LogP contribution in [0, 0.1) is 6.92 Å². The number of nitrogens with one attached hydrogen (secondary N) is 1. The number of anilines is 1. The molecule has 0 unspecified atom stereocenters. The lowest BCUT2D eigenvalue weighted by atomic mass is 10.0. The summed E-state index contributed by atoms with van der Waals surface area (Å²) in [5, 5.41) is 4.97. The lowest BCUT2D eigenvalue weighted by Gasteiger charge is -2.09. The molecule has 128 valence electrons. The smallest absolute Gasteiger partial charge is 0.234 e. The van der Waals surface area contributed by atoms with Gasteiger partial charge in [0.05, 0.1) is 16.3 Å². The average Bonchev–Trinajstić information content (AvgIpc) is 2.60. The number of carbonyl (C=O) groups is 1. The van der Waals surface area contributed by atoms with E-state index in [1.54, 1.807) is 0 Å². The molecule has 1 amide bonds. The zero-order valence-electron chi connectivity index (χ0n) is 14.7. The Balaban J connectivity index is 1.62. The normalized spacial score (nSPS) is 11.0. The Hall–Kier alpha value is -2.33. The topological polar surface area (TPSA) is 42.0 Å². The standard InChI is InChI=1S/C21H22N2OS/c1-14(2)16-8-10-17(11-9-16)22-20(24)13-25-21-12-15(3)18-6-4-5-7-19(18)23-21/h4-12,14H,13H2,1-3H3,(H,22,24). The number of nitrogens with zero attached hydrogens (tertiary/aromatic N) is 1. The number of fused-ring (bicyclic) bond motifs is 1. The van der Waals surface area contributed by atoms with Gasteiger partial charge in [-0.1, -0.05) is 55.9 Å². The predicted molar refractivity (Wildman–Crippen MR) is 106 cm³/mol. The molecule has 0 radical (unpaired) electrons. The van der Waals surface area contributed by atoms with Crippen molar-refractivity contribution in [2.45, 2.75) is 31.7 Å². The zero-order chi connectivity index (χ0) is 17.8. The van der Waals surface area contributed by atoms with Crippen LogP contribution in [0.2, 0.25) is 0 Å². The van der Waals surface area contributed by atoms with Crippen molar-refractivity contribution in [1.82, 2.24) is 4.98 Å². The molecule has 3 nitrogen and oxygen atoms in total. The lowest BCUT2D eigenvalue weighted by Crippen LogP contribution is -2.14. The average molecular weight is 350 g/mol. The third-order valence-electron chi connectivity index (χ3n) is 4.11. The summed E-state index contributed by atoms with van der Waals surface area (Å²) in [6, 6.07) is 18.1. The Bertz CT molecular complexity index is 888. The molecule has 1 N–H and O–H groups in total. The Morgan fingerprint density at radius 3 is 2.56 bits per heavy atom. The van der Waals surface area contributed by atoms with Crippen LogP contribution in [0.15, 0.2) is 59.6 Å². The molecule has 0 spiro atoms. The molecule has 0 bridgehead atoms. The van der Waals surface area contributed by atoms with Crippen molar-refractivity contribution in [3.05, 3.63) is 65.7 Å². The zero-order valence-corrected chi connectivity index (χ0v) is 15.6. The highest BCUT2D eigenvalue weighted by Gasteiger charge is 2.07. The Kier molecular flexibility index (Phi) is 5.39. The quantitative estimate of drug-likeness (QED) is 0.627. The number of hydrogen-bond donors (Lipinski definition) is 1. The summed E-state index contributed by atoms with van der Waals surface area (Å²) in [5.41, 5.74) is 4.24. The molecule has 0 aliphatic heterocycles. The fraction of sp³-hybridized carbons (Fsp3) is 0.238. The second kappa shape index (κ2) is 7.70. The number of para-hydroxylation sites is 1. The molecule has 25 heavy (non-hydrogen) atoms. The molecule has 4 heteroatoms. The first-order valence-electron chi connectivity index (χ1n) is 8.42. The molecule has 0 aliphatic carbocycles. The molecular weight excluding hydrogens is 328 g/mol. The molecule has 0 fully saturated rings. The van der Waals surface area contributed by atoms with Crippen molar-refractivity contribution >= 4 is 34.3 Å². The number of hydrogen-bond acceptors (Lipinski definition) is 3. The lowest BCUT2D eigenvalue weighted by molar-refractivity contribution is -0.113. The van der Waals surface area contributed by atoms with Crippen molar-refractivity contribution in [1.29, 1.82) is 0 Å². The number of benzene rings is 2. The first-order chi connectivity index (χ1) is 12.0. The third-order valence-corrected chi connectivity index (χ3v) is 5.02. The van der Waals surface area contributed by atoms with E-state index < -0.39 is 0 Å². The Morgan fingerprint density at radius 2 is 1.84 bits per heavy atom. The SMILES string of the molecule is Cc1cc(SCC(=O)Nc2ccc(C(C)C)cc2)nc2ccccc12. The van der Waals surface area contributed by atoms with Crippen molar-refractivity contribution in [3.8, 4) is 0 Å². The van der Waals surface area contributed by atoms with Crippen LogP contribution in [0.1, 0.15) is 30.9 Å². The number of pyridine rings is 1. The number of carbonyl (C=O) groups excluding carboxylic acids is 1. The highest BCUT2D eigenvalue weighted by molar-refractivity contribution is 7.99. The van der Waals surface area contributed by atoms with Crippen LogP contribution in [-0.4, -0.2) is 16.6 Å². The Morgan fingerprint density at radius 1 is 1.12 bits per heavy atom. The minimum atomic E-state index is -0.0186. The molecule has 3 aromatic rings. The van der Waals surface area contributed by atoms with Gasteiger partial charge in [-0.05, 0) is 48.2 Å². The fourth-order valence-electron chi connectivity index (χ4n) is 2.68. The van der Waals surface area contributed by atoms with Crippen LogP contribution < -0.4 is 5.32 Å². The largest absolute Gasteiger partial charge is 0.325 e. The predicted octanol–water partition coefficient (Wildman–Crippen LogP) is 5.40. The van der Waals surface area contributed by atoms with Crippen molar-refractivity contribution in [2.75, 3.05) is 11.1 Å². The van der Waals surface area contributed by atoms with Gasteiger partial charge >= 0.3 is 0 Å². The van der Waals surface area contributed by atoms with Crippen molar-refractivity contribution in [3.63, 3.8) is 0 Å². The van der Waals surface area contributed by atoms with E-state index >= 15 is 0 Å². The second-order valence-corrected chi connectivity index (χ2v) is 7.40. The number of thioether (sulfide) groups is 1. The highest BCUT2D eigenvalue weighted by atomic mass is 32.2. The van der Waals surface area contributed by atoms with Gasteiger partial charge in [-0.25, -0.2) is 4.98 Å². The van der Waals surface area contributed by atoms with Gasteiger partial charge in [0, 0.05) is 11.1 Å².